The summed E-state index contributed by atoms with van der Waals surface area (Å²) >= 11 is 1.54. The fourth-order valence-corrected chi connectivity index (χ4v) is 5.96. The molecule has 1 saturated heterocycles. The van der Waals surface area contributed by atoms with Crippen molar-refractivity contribution in [1.82, 2.24) is 9.21 Å². The van der Waals surface area contributed by atoms with Gasteiger partial charge in [-0.15, -0.1) is 11.3 Å². The lowest BCUT2D eigenvalue weighted by molar-refractivity contribution is -0.132. The SMILES string of the molecule is CCCCS(=O)(=O)N(CC(=O)N(Cc1ccc(F)cc1)Cc1cccs1)CC1CCCO1. The topological polar surface area (TPSA) is 66.9 Å². The number of carbonyl (C=O) groups excluding carboxylic acids is 1. The number of carbonyl (C=O) groups is 1. The number of amides is 1. The van der Waals surface area contributed by atoms with Gasteiger partial charge in [0.15, 0.2) is 0 Å². The Kier molecular flexibility index (Phi) is 9.22. The summed E-state index contributed by atoms with van der Waals surface area (Å²) in [6.07, 6.45) is 2.82. The van der Waals surface area contributed by atoms with Gasteiger partial charge in [-0.05, 0) is 48.4 Å². The van der Waals surface area contributed by atoms with Crippen LogP contribution in [0.2, 0.25) is 0 Å². The molecule has 32 heavy (non-hydrogen) atoms. The fourth-order valence-electron chi connectivity index (χ4n) is 3.63. The van der Waals surface area contributed by atoms with E-state index >= 15 is 0 Å². The smallest absolute Gasteiger partial charge is 0.238 e. The molecule has 0 aliphatic carbocycles. The van der Waals surface area contributed by atoms with Crippen molar-refractivity contribution in [1.29, 1.82) is 0 Å². The van der Waals surface area contributed by atoms with Gasteiger partial charge in [-0.3, -0.25) is 4.79 Å². The van der Waals surface area contributed by atoms with Crippen molar-refractivity contribution in [2.24, 2.45) is 0 Å². The maximum Gasteiger partial charge on any atom is 0.238 e. The molecule has 0 saturated carbocycles. The van der Waals surface area contributed by atoms with Crippen LogP contribution in [0.1, 0.15) is 43.0 Å². The number of hydrogen-bond acceptors (Lipinski definition) is 5. The molecular weight excluding hydrogens is 451 g/mol. The molecule has 2 heterocycles. The van der Waals surface area contributed by atoms with E-state index in [1.165, 1.54) is 27.8 Å². The van der Waals surface area contributed by atoms with E-state index in [0.717, 1.165) is 29.7 Å². The Labute approximate surface area is 194 Å². The van der Waals surface area contributed by atoms with Crippen LogP contribution in [-0.2, 0) is 32.6 Å². The zero-order chi connectivity index (χ0) is 23.0. The maximum atomic E-state index is 13.4. The van der Waals surface area contributed by atoms with Crippen LogP contribution < -0.4 is 0 Å². The van der Waals surface area contributed by atoms with Gasteiger partial charge in [0.05, 0.1) is 24.9 Å². The number of rotatable bonds is 12. The molecule has 1 fully saturated rings. The van der Waals surface area contributed by atoms with E-state index in [-0.39, 0.29) is 43.2 Å². The zero-order valence-corrected chi connectivity index (χ0v) is 20.0. The summed E-state index contributed by atoms with van der Waals surface area (Å²) in [6.45, 7) is 3.18. The Morgan fingerprint density at radius 1 is 1.22 bits per heavy atom. The summed E-state index contributed by atoms with van der Waals surface area (Å²) in [4.78, 5) is 16.0. The summed E-state index contributed by atoms with van der Waals surface area (Å²) in [7, 11) is -3.58. The summed E-state index contributed by atoms with van der Waals surface area (Å²) in [6, 6.07) is 9.87. The van der Waals surface area contributed by atoms with E-state index in [1.54, 1.807) is 17.0 Å². The largest absolute Gasteiger partial charge is 0.377 e. The lowest BCUT2D eigenvalue weighted by atomic mass is 10.2. The van der Waals surface area contributed by atoms with Crippen LogP contribution in [0.5, 0.6) is 0 Å². The molecule has 0 radical (unpaired) electrons. The number of sulfonamides is 1. The summed E-state index contributed by atoms with van der Waals surface area (Å²) in [5.74, 6) is -0.595. The molecule has 6 nitrogen and oxygen atoms in total. The van der Waals surface area contributed by atoms with Gasteiger partial charge in [-0.25, -0.2) is 12.8 Å². The predicted molar refractivity (Wildman–Crippen MR) is 124 cm³/mol. The highest BCUT2D eigenvalue weighted by Gasteiger charge is 2.30. The molecule has 1 aliphatic rings. The van der Waals surface area contributed by atoms with Crippen molar-refractivity contribution in [3.8, 4) is 0 Å². The summed E-state index contributed by atoms with van der Waals surface area (Å²) < 4.78 is 46.3. The van der Waals surface area contributed by atoms with E-state index in [2.05, 4.69) is 0 Å². The lowest BCUT2D eigenvalue weighted by Crippen LogP contribution is -2.46. The minimum atomic E-state index is -3.58. The van der Waals surface area contributed by atoms with Crippen LogP contribution in [0.4, 0.5) is 4.39 Å². The van der Waals surface area contributed by atoms with Gasteiger partial charge in [0.1, 0.15) is 5.82 Å². The molecule has 176 valence electrons. The molecule has 0 spiro atoms. The van der Waals surface area contributed by atoms with Crippen LogP contribution >= 0.6 is 11.3 Å². The van der Waals surface area contributed by atoms with Gasteiger partial charge in [0, 0.05) is 24.6 Å². The number of thiophene rings is 1. The minimum absolute atomic E-state index is 0.0202. The van der Waals surface area contributed by atoms with E-state index in [0.29, 0.717) is 19.6 Å². The molecule has 1 aromatic heterocycles. The highest BCUT2D eigenvalue weighted by atomic mass is 32.2. The van der Waals surface area contributed by atoms with Crippen molar-refractivity contribution >= 4 is 27.3 Å². The second-order valence-corrected chi connectivity index (χ2v) is 11.2. The van der Waals surface area contributed by atoms with Crippen LogP contribution in [0.25, 0.3) is 0 Å². The van der Waals surface area contributed by atoms with Gasteiger partial charge in [-0.2, -0.15) is 4.31 Å². The molecule has 0 bridgehead atoms. The number of halogens is 1. The van der Waals surface area contributed by atoms with Crippen molar-refractivity contribution < 1.29 is 22.3 Å². The molecule has 1 aromatic carbocycles. The summed E-state index contributed by atoms with van der Waals surface area (Å²) in [5, 5.41) is 1.94. The van der Waals surface area contributed by atoms with E-state index in [4.69, 9.17) is 4.74 Å². The van der Waals surface area contributed by atoms with Crippen molar-refractivity contribution in [2.75, 3.05) is 25.4 Å². The Balaban J connectivity index is 1.78. The highest BCUT2D eigenvalue weighted by molar-refractivity contribution is 7.89. The molecule has 2 aromatic rings. The first-order valence-electron chi connectivity index (χ1n) is 11.0. The molecule has 1 unspecified atom stereocenters. The van der Waals surface area contributed by atoms with Gasteiger partial charge in [0.2, 0.25) is 15.9 Å². The zero-order valence-electron chi connectivity index (χ0n) is 18.4. The van der Waals surface area contributed by atoms with Crippen LogP contribution in [0, 0.1) is 5.82 Å². The van der Waals surface area contributed by atoms with Gasteiger partial charge < -0.3 is 9.64 Å². The Morgan fingerprint density at radius 2 is 2.00 bits per heavy atom. The molecule has 3 rings (SSSR count). The second kappa shape index (κ2) is 11.9. The monoisotopic (exact) mass is 482 g/mol. The number of benzene rings is 1. The number of unbranched alkanes of at least 4 members (excludes halogenated alkanes) is 1. The quantitative estimate of drug-likeness (QED) is 0.458. The van der Waals surface area contributed by atoms with Crippen LogP contribution in [0.3, 0.4) is 0 Å². The molecule has 9 heteroatoms. The first kappa shape index (κ1) is 24.8. The lowest BCUT2D eigenvalue weighted by Gasteiger charge is -2.28. The molecule has 1 atom stereocenters. The Hall–Kier alpha value is -1.81. The van der Waals surface area contributed by atoms with E-state index in [1.807, 2.05) is 24.4 Å². The average Bonchev–Trinajstić information content (AvgIpc) is 3.47. The molecule has 1 amide bonds. The fraction of sp³-hybridized carbons (Fsp3) is 0.522. The van der Waals surface area contributed by atoms with E-state index < -0.39 is 10.0 Å². The summed E-state index contributed by atoms with van der Waals surface area (Å²) in [5.41, 5.74) is 0.788. The standard InChI is InChI=1S/C23H31FN2O4S2/c1-2-3-14-32(28,29)26(16-21-6-4-12-30-21)18-23(27)25(17-22-7-5-13-31-22)15-19-8-10-20(24)11-9-19/h5,7-11,13,21H,2-4,6,12,14-18H2,1H3. The average molecular weight is 483 g/mol. The molecule has 0 N–H and O–H groups in total. The normalized spacial score (nSPS) is 16.5. The number of hydrogen-bond donors (Lipinski definition) is 0. The van der Waals surface area contributed by atoms with Crippen LogP contribution in [0.15, 0.2) is 41.8 Å². The Morgan fingerprint density at radius 3 is 2.62 bits per heavy atom. The predicted octanol–water partition coefficient (Wildman–Crippen LogP) is 4.03. The second-order valence-electron chi connectivity index (χ2n) is 8.05. The molecular formula is C23H31FN2O4S2. The van der Waals surface area contributed by atoms with Crippen molar-refractivity contribution in [3.05, 3.63) is 58.0 Å². The third-order valence-electron chi connectivity index (χ3n) is 5.46. The third-order valence-corrected chi connectivity index (χ3v) is 8.19. The number of ether oxygens (including phenoxy) is 1. The van der Waals surface area contributed by atoms with Gasteiger partial charge in [-0.1, -0.05) is 31.5 Å². The van der Waals surface area contributed by atoms with Gasteiger partial charge in [0.25, 0.3) is 0 Å². The van der Waals surface area contributed by atoms with Crippen molar-refractivity contribution in [3.63, 3.8) is 0 Å². The van der Waals surface area contributed by atoms with Gasteiger partial charge >= 0.3 is 0 Å². The first-order valence-corrected chi connectivity index (χ1v) is 13.5. The Bertz CT molecular complexity index is 943. The first-order chi connectivity index (χ1) is 15.4. The molecule has 1 aliphatic heterocycles. The maximum absolute atomic E-state index is 13.4. The van der Waals surface area contributed by atoms with Crippen LogP contribution in [-0.4, -0.2) is 55.1 Å². The highest BCUT2D eigenvalue weighted by Crippen LogP contribution is 2.19. The minimum Gasteiger partial charge on any atom is -0.377 e. The third kappa shape index (κ3) is 7.37. The number of nitrogens with zero attached hydrogens (tertiary/aromatic N) is 2. The van der Waals surface area contributed by atoms with E-state index in [9.17, 15) is 17.6 Å². The van der Waals surface area contributed by atoms with Crippen molar-refractivity contribution in [2.45, 2.75) is 51.8 Å².